The van der Waals surface area contributed by atoms with Crippen molar-refractivity contribution in [1.82, 2.24) is 10.2 Å². The number of hydrogen-bond donors (Lipinski definition) is 4. The zero-order valence-corrected chi connectivity index (χ0v) is 21.8. The molecule has 9 nitrogen and oxygen atoms in total. The number of β-amino-alcohol motifs (C(OH)–C–C–N with tert-alkyl or cyclic N) is 1. The molecule has 2 fully saturated rings. The molecule has 1 amide bonds. The van der Waals surface area contributed by atoms with Gasteiger partial charge in [0.1, 0.15) is 12.4 Å². The number of benzene rings is 2. The van der Waals surface area contributed by atoms with Crippen LogP contribution in [0.5, 0.6) is 5.75 Å². The van der Waals surface area contributed by atoms with Crippen molar-refractivity contribution in [3.63, 3.8) is 0 Å². The molecule has 2 saturated heterocycles. The van der Waals surface area contributed by atoms with Crippen LogP contribution in [0.4, 0.5) is 5.69 Å². The number of carbonyl (C=O) groups is 2. The average molecular weight is 552 g/mol. The fourth-order valence-electron chi connectivity index (χ4n) is 4.92. The van der Waals surface area contributed by atoms with Gasteiger partial charge in [0.05, 0.1) is 30.2 Å². The number of rotatable bonds is 9. The van der Waals surface area contributed by atoms with Gasteiger partial charge in [0, 0.05) is 54.6 Å². The monoisotopic (exact) mass is 551 g/mol. The standard InChI is InChI=1S/C26H31Cl2N3O6/c27-18-3-1-16(2-4-18)26(36)30-7-5-19(6-8-30)29-21-14-31(15-23(21)33)22-13-24(37-10-9-32)20(28)11-17(22)12-25(34)35/h1-4,11,13,19,21,23,29,32-33H,5-10,12,14-15H2,(H,34,35)/t21-,23-/m0/s1. The third kappa shape index (κ3) is 6.86. The summed E-state index contributed by atoms with van der Waals surface area (Å²) in [6.45, 7) is 1.89. The number of likely N-dealkylation sites (tertiary alicyclic amines) is 1. The molecule has 2 aromatic carbocycles. The number of halogens is 2. The van der Waals surface area contributed by atoms with Crippen LogP contribution in [0.15, 0.2) is 36.4 Å². The number of carboxylic acid groups (broad SMARTS) is 1. The normalized spacial score (nSPS) is 20.3. The molecule has 0 radical (unpaired) electrons. The summed E-state index contributed by atoms with van der Waals surface area (Å²) in [4.78, 5) is 28.0. The molecule has 0 spiro atoms. The lowest BCUT2D eigenvalue weighted by Gasteiger charge is -2.34. The van der Waals surface area contributed by atoms with Crippen molar-refractivity contribution in [3.8, 4) is 5.75 Å². The van der Waals surface area contributed by atoms with E-state index in [0.29, 0.717) is 53.8 Å². The molecular weight excluding hydrogens is 521 g/mol. The van der Waals surface area contributed by atoms with Crippen molar-refractivity contribution in [2.45, 2.75) is 37.5 Å². The molecule has 2 aliphatic rings. The van der Waals surface area contributed by atoms with Crippen LogP contribution in [-0.4, -0.2) is 89.7 Å². The molecule has 2 atom stereocenters. The molecule has 0 saturated carbocycles. The minimum Gasteiger partial charge on any atom is -0.490 e. The summed E-state index contributed by atoms with van der Waals surface area (Å²) in [6, 6.07) is 10.0. The van der Waals surface area contributed by atoms with Gasteiger partial charge in [0.25, 0.3) is 5.91 Å². The highest BCUT2D eigenvalue weighted by Gasteiger charge is 2.35. The Morgan fingerprint density at radius 1 is 1.08 bits per heavy atom. The van der Waals surface area contributed by atoms with E-state index in [1.165, 1.54) is 0 Å². The Kier molecular flexibility index (Phi) is 9.15. The molecule has 0 aliphatic carbocycles. The van der Waals surface area contributed by atoms with Crippen LogP contribution in [0.1, 0.15) is 28.8 Å². The lowest BCUT2D eigenvalue weighted by molar-refractivity contribution is -0.136. The second-order valence-electron chi connectivity index (χ2n) is 9.37. The van der Waals surface area contributed by atoms with Crippen molar-refractivity contribution < 1.29 is 29.6 Å². The number of carboxylic acids is 1. The van der Waals surface area contributed by atoms with Gasteiger partial charge in [-0.15, -0.1) is 0 Å². The third-order valence-corrected chi connectivity index (χ3v) is 7.32. The van der Waals surface area contributed by atoms with Gasteiger partial charge in [-0.05, 0) is 48.7 Å². The summed E-state index contributed by atoms with van der Waals surface area (Å²) < 4.78 is 5.52. The quantitative estimate of drug-likeness (QED) is 0.374. The first-order valence-electron chi connectivity index (χ1n) is 12.3. The fourth-order valence-corrected chi connectivity index (χ4v) is 5.29. The number of aliphatic carboxylic acids is 1. The van der Waals surface area contributed by atoms with Crippen molar-refractivity contribution >= 4 is 40.8 Å². The molecule has 2 heterocycles. The first-order valence-corrected chi connectivity index (χ1v) is 13.0. The minimum atomic E-state index is -0.990. The van der Waals surface area contributed by atoms with Crippen molar-refractivity contribution in [2.75, 3.05) is 44.3 Å². The predicted octanol–water partition coefficient (Wildman–Crippen LogP) is 2.44. The van der Waals surface area contributed by atoms with Crippen LogP contribution in [-0.2, 0) is 11.2 Å². The maximum Gasteiger partial charge on any atom is 0.307 e. The molecule has 4 rings (SSSR count). The zero-order valence-electron chi connectivity index (χ0n) is 20.3. The van der Waals surface area contributed by atoms with E-state index in [2.05, 4.69) is 5.32 Å². The van der Waals surface area contributed by atoms with Crippen LogP contribution in [0.2, 0.25) is 10.0 Å². The lowest BCUT2D eigenvalue weighted by Crippen LogP contribution is -2.50. The van der Waals surface area contributed by atoms with Gasteiger partial charge in [-0.3, -0.25) is 9.59 Å². The summed E-state index contributed by atoms with van der Waals surface area (Å²) in [6.07, 6.45) is 0.629. The van der Waals surface area contributed by atoms with Gasteiger partial charge >= 0.3 is 5.97 Å². The predicted molar refractivity (Wildman–Crippen MR) is 141 cm³/mol. The second-order valence-corrected chi connectivity index (χ2v) is 10.2. The molecular formula is C26H31Cl2N3O6. The molecule has 200 valence electrons. The van der Waals surface area contributed by atoms with Crippen LogP contribution >= 0.6 is 23.2 Å². The van der Waals surface area contributed by atoms with Gasteiger partial charge < -0.3 is 35.2 Å². The van der Waals surface area contributed by atoms with Gasteiger partial charge in [0.15, 0.2) is 0 Å². The van der Waals surface area contributed by atoms with Crippen molar-refractivity contribution in [1.29, 1.82) is 0 Å². The Hall–Kier alpha value is -2.56. The Labute approximate surface area is 225 Å². The highest BCUT2D eigenvalue weighted by Crippen LogP contribution is 2.35. The van der Waals surface area contributed by atoms with E-state index in [0.717, 1.165) is 12.8 Å². The summed E-state index contributed by atoms with van der Waals surface area (Å²) >= 11 is 12.2. The largest absolute Gasteiger partial charge is 0.490 e. The summed E-state index contributed by atoms with van der Waals surface area (Å²) in [5.74, 6) is -0.658. The van der Waals surface area contributed by atoms with Gasteiger partial charge in [0.2, 0.25) is 0 Å². The number of nitrogens with one attached hydrogen (secondary N) is 1. The molecule has 37 heavy (non-hydrogen) atoms. The average Bonchev–Trinajstić information content (AvgIpc) is 3.23. The van der Waals surface area contributed by atoms with Crippen LogP contribution in [0, 0.1) is 0 Å². The van der Waals surface area contributed by atoms with E-state index >= 15 is 0 Å². The van der Waals surface area contributed by atoms with E-state index in [1.54, 1.807) is 36.4 Å². The number of nitrogens with zero attached hydrogens (tertiary/aromatic N) is 2. The fraction of sp³-hybridized carbons (Fsp3) is 0.462. The van der Waals surface area contributed by atoms with E-state index in [9.17, 15) is 19.8 Å². The third-order valence-electron chi connectivity index (χ3n) is 6.78. The SMILES string of the molecule is O=C(O)Cc1cc(Cl)c(OCCO)cc1N1C[C@H](NC2CCN(C(=O)c3ccc(Cl)cc3)CC2)[C@@H](O)C1. The molecule has 0 bridgehead atoms. The lowest BCUT2D eigenvalue weighted by atomic mass is 10.0. The number of aliphatic hydroxyl groups excluding tert-OH is 2. The zero-order chi connectivity index (χ0) is 26.5. The first kappa shape index (κ1) is 27.5. The van der Waals surface area contributed by atoms with Gasteiger partial charge in [-0.2, -0.15) is 0 Å². The van der Waals surface area contributed by atoms with Crippen LogP contribution < -0.4 is 15.0 Å². The first-order chi connectivity index (χ1) is 17.7. The number of amides is 1. The number of hydrogen-bond acceptors (Lipinski definition) is 7. The number of anilines is 1. The summed E-state index contributed by atoms with van der Waals surface area (Å²) in [5, 5.41) is 33.7. The Bertz CT molecular complexity index is 1110. The maximum atomic E-state index is 12.8. The van der Waals surface area contributed by atoms with Gasteiger partial charge in [-0.25, -0.2) is 0 Å². The molecule has 2 aliphatic heterocycles. The van der Waals surface area contributed by atoms with E-state index in [-0.39, 0.29) is 42.6 Å². The summed E-state index contributed by atoms with van der Waals surface area (Å²) in [5.41, 5.74) is 1.77. The molecule has 4 N–H and O–H groups in total. The Balaban J connectivity index is 1.38. The van der Waals surface area contributed by atoms with Crippen molar-refractivity contribution in [2.24, 2.45) is 0 Å². The van der Waals surface area contributed by atoms with E-state index in [1.807, 2.05) is 9.80 Å². The second kappa shape index (κ2) is 12.3. The highest BCUT2D eigenvalue weighted by atomic mass is 35.5. The topological polar surface area (TPSA) is 123 Å². The summed E-state index contributed by atoms with van der Waals surface area (Å²) in [7, 11) is 0. The Morgan fingerprint density at radius 3 is 2.43 bits per heavy atom. The van der Waals surface area contributed by atoms with Crippen LogP contribution in [0.3, 0.4) is 0 Å². The number of ether oxygens (including phenoxy) is 1. The molecule has 2 aromatic rings. The van der Waals surface area contributed by atoms with Crippen molar-refractivity contribution in [3.05, 3.63) is 57.6 Å². The van der Waals surface area contributed by atoms with E-state index in [4.69, 9.17) is 33.0 Å². The smallest absolute Gasteiger partial charge is 0.307 e. The highest BCUT2D eigenvalue weighted by molar-refractivity contribution is 6.32. The maximum absolute atomic E-state index is 12.8. The number of piperidine rings is 1. The molecule has 0 unspecified atom stereocenters. The van der Waals surface area contributed by atoms with Crippen LogP contribution in [0.25, 0.3) is 0 Å². The number of carbonyl (C=O) groups excluding carboxylic acids is 1. The van der Waals surface area contributed by atoms with Gasteiger partial charge in [-0.1, -0.05) is 23.2 Å². The Morgan fingerprint density at radius 2 is 1.78 bits per heavy atom. The van der Waals surface area contributed by atoms with E-state index < -0.39 is 12.1 Å². The molecule has 0 aromatic heterocycles. The number of aliphatic hydroxyl groups is 2. The minimum absolute atomic E-state index is 0.0184. The molecule has 11 heteroatoms.